The van der Waals surface area contributed by atoms with Gasteiger partial charge >= 0.3 is 5.97 Å². The highest BCUT2D eigenvalue weighted by Crippen LogP contribution is 2.34. The molecular formula is C17H23NO3S. The first-order valence-corrected chi connectivity index (χ1v) is 8.87. The van der Waals surface area contributed by atoms with Crippen LogP contribution < -0.4 is 0 Å². The molecule has 2 rings (SSSR count). The van der Waals surface area contributed by atoms with E-state index in [1.807, 2.05) is 11.5 Å². The molecule has 1 heterocycles. The molecule has 4 nitrogen and oxygen atoms in total. The molecule has 1 saturated carbocycles. The Bertz CT molecular complexity index is 510. The van der Waals surface area contributed by atoms with Crippen molar-refractivity contribution in [3.05, 3.63) is 22.7 Å². The molecule has 0 aromatic carbocycles. The number of allylic oxidation sites excluding steroid dienone is 1. The summed E-state index contributed by atoms with van der Waals surface area (Å²) in [6, 6.07) is 0. The summed E-state index contributed by atoms with van der Waals surface area (Å²) in [5.41, 5.74) is 0. The maximum atomic E-state index is 12.0. The van der Waals surface area contributed by atoms with Crippen LogP contribution in [-0.4, -0.2) is 21.8 Å². The number of Topliss-reactive ketones (excluding diaryl/α,β-unsaturated/α-hetero) is 1. The maximum absolute atomic E-state index is 12.0. The van der Waals surface area contributed by atoms with E-state index in [4.69, 9.17) is 5.11 Å². The van der Waals surface area contributed by atoms with Crippen molar-refractivity contribution >= 4 is 29.2 Å². The van der Waals surface area contributed by atoms with Crippen molar-refractivity contribution in [3.63, 3.8) is 0 Å². The fourth-order valence-electron chi connectivity index (χ4n) is 3.06. The molecule has 5 heteroatoms. The third-order valence-electron chi connectivity index (χ3n) is 4.25. The molecule has 22 heavy (non-hydrogen) atoms. The minimum atomic E-state index is -0.724. The van der Waals surface area contributed by atoms with Crippen LogP contribution in [0.5, 0.6) is 0 Å². The van der Waals surface area contributed by atoms with Crippen LogP contribution in [-0.2, 0) is 9.59 Å². The van der Waals surface area contributed by atoms with Crippen LogP contribution in [0.4, 0.5) is 0 Å². The van der Waals surface area contributed by atoms with Gasteiger partial charge in [-0.05, 0) is 31.3 Å². The van der Waals surface area contributed by atoms with Gasteiger partial charge in [-0.15, -0.1) is 11.3 Å². The standard InChI is InChI=1S/C17H23NO3S/c19-15-9-7-13(8-10-16-18-11-12-22-16)14(15)5-3-1-2-4-6-17(20)21/h8,10-14H,1-7,9H2,(H,20,21)/t13-,14-/m1/s1. The maximum Gasteiger partial charge on any atom is 0.303 e. The number of nitrogens with zero attached hydrogens (tertiary/aromatic N) is 1. The lowest BCUT2D eigenvalue weighted by atomic mass is 9.89. The van der Waals surface area contributed by atoms with Crippen LogP contribution in [0.15, 0.2) is 17.7 Å². The van der Waals surface area contributed by atoms with E-state index in [1.165, 1.54) is 0 Å². The zero-order valence-corrected chi connectivity index (χ0v) is 13.6. The zero-order valence-electron chi connectivity index (χ0n) is 12.7. The average molecular weight is 321 g/mol. The monoisotopic (exact) mass is 321 g/mol. The molecule has 0 spiro atoms. The highest BCUT2D eigenvalue weighted by Gasteiger charge is 2.32. The number of thiazole rings is 1. The van der Waals surface area contributed by atoms with Gasteiger partial charge in [-0.3, -0.25) is 9.59 Å². The van der Waals surface area contributed by atoms with Crippen molar-refractivity contribution in [1.82, 2.24) is 4.98 Å². The molecule has 0 saturated heterocycles. The molecule has 0 bridgehead atoms. The van der Waals surface area contributed by atoms with Crippen LogP contribution in [0.3, 0.4) is 0 Å². The predicted molar refractivity (Wildman–Crippen MR) is 87.7 cm³/mol. The van der Waals surface area contributed by atoms with Crippen molar-refractivity contribution in [2.75, 3.05) is 0 Å². The van der Waals surface area contributed by atoms with E-state index in [0.717, 1.165) is 43.5 Å². The number of unbranched alkanes of at least 4 members (excludes halogenated alkanes) is 3. The van der Waals surface area contributed by atoms with Gasteiger partial charge in [-0.2, -0.15) is 0 Å². The first-order valence-electron chi connectivity index (χ1n) is 7.99. The van der Waals surface area contributed by atoms with Crippen molar-refractivity contribution in [3.8, 4) is 0 Å². The van der Waals surface area contributed by atoms with Gasteiger partial charge in [0.25, 0.3) is 0 Å². The van der Waals surface area contributed by atoms with Crippen LogP contribution in [0.2, 0.25) is 0 Å². The van der Waals surface area contributed by atoms with Gasteiger partial charge in [0.1, 0.15) is 10.8 Å². The Morgan fingerprint density at radius 3 is 2.91 bits per heavy atom. The second-order valence-corrected chi connectivity index (χ2v) is 6.78. The molecule has 120 valence electrons. The third-order valence-corrected chi connectivity index (χ3v) is 4.99. The lowest BCUT2D eigenvalue weighted by molar-refractivity contribution is -0.137. The Hall–Kier alpha value is -1.49. The van der Waals surface area contributed by atoms with E-state index in [-0.39, 0.29) is 12.3 Å². The highest BCUT2D eigenvalue weighted by atomic mass is 32.1. The fourth-order valence-corrected chi connectivity index (χ4v) is 3.60. The van der Waals surface area contributed by atoms with Gasteiger partial charge < -0.3 is 5.11 Å². The van der Waals surface area contributed by atoms with E-state index in [9.17, 15) is 9.59 Å². The summed E-state index contributed by atoms with van der Waals surface area (Å²) >= 11 is 1.61. The predicted octanol–water partition coefficient (Wildman–Crippen LogP) is 4.18. The number of aliphatic carboxylic acids is 1. The molecule has 2 atom stereocenters. The minimum absolute atomic E-state index is 0.149. The average Bonchev–Trinajstić information content (AvgIpc) is 3.11. The Balaban J connectivity index is 1.73. The summed E-state index contributed by atoms with van der Waals surface area (Å²) in [4.78, 5) is 26.7. The van der Waals surface area contributed by atoms with Gasteiger partial charge in [0.05, 0.1) is 0 Å². The molecule has 1 aromatic heterocycles. The van der Waals surface area contributed by atoms with E-state index in [0.29, 0.717) is 18.1 Å². The molecule has 1 N–H and O–H groups in total. The number of rotatable bonds is 9. The lowest BCUT2D eigenvalue weighted by Gasteiger charge is -2.14. The minimum Gasteiger partial charge on any atom is -0.481 e. The molecule has 1 aliphatic rings. The zero-order chi connectivity index (χ0) is 15.8. The fraction of sp³-hybridized carbons (Fsp3) is 0.588. The van der Waals surface area contributed by atoms with Crippen LogP contribution in [0, 0.1) is 11.8 Å². The van der Waals surface area contributed by atoms with Crippen LogP contribution in [0.1, 0.15) is 56.4 Å². The number of carbonyl (C=O) groups is 2. The SMILES string of the molecule is O=C(O)CCCCCC[C@H]1C(=O)CC[C@@H]1C=Cc1nccs1. The number of aromatic nitrogens is 1. The molecule has 1 fully saturated rings. The molecule has 0 unspecified atom stereocenters. The van der Waals surface area contributed by atoms with Crippen molar-refractivity contribution in [2.24, 2.45) is 11.8 Å². The molecule has 1 aromatic rings. The quantitative estimate of drug-likeness (QED) is 0.693. The Morgan fingerprint density at radius 1 is 1.36 bits per heavy atom. The van der Waals surface area contributed by atoms with E-state index >= 15 is 0 Å². The third kappa shape index (κ3) is 5.37. The number of ketones is 1. The molecule has 0 amide bonds. The Morgan fingerprint density at radius 2 is 2.18 bits per heavy atom. The molecule has 0 aliphatic heterocycles. The van der Waals surface area contributed by atoms with Crippen molar-refractivity contribution in [1.29, 1.82) is 0 Å². The van der Waals surface area contributed by atoms with Crippen molar-refractivity contribution < 1.29 is 14.7 Å². The molecule has 1 aliphatic carbocycles. The Kier molecular flexibility index (Phi) is 6.77. The molecule has 0 radical (unpaired) electrons. The smallest absolute Gasteiger partial charge is 0.303 e. The topological polar surface area (TPSA) is 67.3 Å². The van der Waals surface area contributed by atoms with Crippen molar-refractivity contribution in [2.45, 2.75) is 51.4 Å². The second-order valence-electron chi connectivity index (χ2n) is 5.85. The van der Waals surface area contributed by atoms with Gasteiger partial charge in [0, 0.05) is 30.3 Å². The van der Waals surface area contributed by atoms with Crippen LogP contribution in [0.25, 0.3) is 6.08 Å². The van der Waals surface area contributed by atoms with Gasteiger partial charge in [-0.1, -0.05) is 25.3 Å². The highest BCUT2D eigenvalue weighted by molar-refractivity contribution is 7.10. The van der Waals surface area contributed by atoms with Gasteiger partial charge in [0.15, 0.2) is 0 Å². The van der Waals surface area contributed by atoms with Gasteiger partial charge in [0.2, 0.25) is 0 Å². The number of carboxylic acid groups (broad SMARTS) is 1. The summed E-state index contributed by atoms with van der Waals surface area (Å²) in [6.07, 6.45) is 12.5. The first-order chi connectivity index (χ1) is 10.7. The summed E-state index contributed by atoms with van der Waals surface area (Å²) in [5.74, 6) is 0.156. The second kappa shape index (κ2) is 8.83. The van der Waals surface area contributed by atoms with E-state index in [2.05, 4.69) is 11.1 Å². The van der Waals surface area contributed by atoms with E-state index < -0.39 is 5.97 Å². The Labute approximate surface area is 135 Å². The first kappa shape index (κ1) is 16.9. The van der Waals surface area contributed by atoms with E-state index in [1.54, 1.807) is 17.5 Å². The van der Waals surface area contributed by atoms with Gasteiger partial charge in [-0.25, -0.2) is 4.98 Å². The summed E-state index contributed by atoms with van der Waals surface area (Å²) in [5, 5.41) is 11.5. The van der Waals surface area contributed by atoms with Crippen LogP contribution >= 0.6 is 11.3 Å². The largest absolute Gasteiger partial charge is 0.481 e. The number of hydrogen-bond donors (Lipinski definition) is 1. The normalized spacial score (nSPS) is 21.7. The number of hydrogen-bond acceptors (Lipinski definition) is 4. The molecular weight excluding hydrogens is 298 g/mol. The summed E-state index contributed by atoms with van der Waals surface area (Å²) < 4.78 is 0. The summed E-state index contributed by atoms with van der Waals surface area (Å²) in [6.45, 7) is 0. The summed E-state index contributed by atoms with van der Waals surface area (Å²) in [7, 11) is 0. The number of carbonyl (C=O) groups excluding carboxylic acids is 1. The number of carboxylic acids is 1. The lowest BCUT2D eigenvalue weighted by Crippen LogP contribution is -2.13.